The first-order valence-electron chi connectivity index (χ1n) is 6.84. The van der Waals surface area contributed by atoms with Crippen molar-refractivity contribution >= 4 is 12.0 Å². The summed E-state index contributed by atoms with van der Waals surface area (Å²) in [7, 11) is 0. The van der Waals surface area contributed by atoms with Crippen molar-refractivity contribution in [2.45, 2.75) is 39.2 Å². The normalized spacial score (nSPS) is 21.3. The van der Waals surface area contributed by atoms with E-state index in [-0.39, 0.29) is 18.6 Å². The predicted octanol–water partition coefficient (Wildman–Crippen LogP) is 0.900. The van der Waals surface area contributed by atoms with Gasteiger partial charge in [0.05, 0.1) is 0 Å². The molecule has 1 aliphatic rings. The lowest BCUT2D eigenvalue weighted by Crippen LogP contribution is -2.52. The van der Waals surface area contributed by atoms with Crippen molar-refractivity contribution in [3.8, 4) is 0 Å². The number of aliphatic carboxylic acids is 1. The van der Waals surface area contributed by atoms with E-state index >= 15 is 0 Å². The number of amides is 2. The lowest BCUT2D eigenvalue weighted by molar-refractivity contribution is -0.140. The van der Waals surface area contributed by atoms with Gasteiger partial charge in [-0.05, 0) is 31.1 Å². The minimum absolute atomic E-state index is 0.129. The van der Waals surface area contributed by atoms with Gasteiger partial charge in [0.1, 0.15) is 6.04 Å². The second kappa shape index (κ2) is 7.33. The standard InChI is InChI=1S/C13H24N2O4/c1-9(2)11(12(17)18)14-13(19)15-6-3-4-10(8-15)5-7-16/h9-11,16H,3-8H2,1-2H3,(H,14,19)(H,17,18)/t10?,11-/m0/s1. The number of rotatable bonds is 5. The molecule has 0 aromatic heterocycles. The van der Waals surface area contributed by atoms with Crippen molar-refractivity contribution < 1.29 is 19.8 Å². The molecule has 2 atom stereocenters. The first-order chi connectivity index (χ1) is 8.95. The molecule has 1 saturated heterocycles. The van der Waals surface area contributed by atoms with Crippen molar-refractivity contribution in [2.75, 3.05) is 19.7 Å². The van der Waals surface area contributed by atoms with Crippen LogP contribution in [0.4, 0.5) is 4.79 Å². The van der Waals surface area contributed by atoms with E-state index in [0.717, 1.165) is 12.8 Å². The predicted molar refractivity (Wildman–Crippen MR) is 70.8 cm³/mol. The van der Waals surface area contributed by atoms with Gasteiger partial charge in [-0.25, -0.2) is 9.59 Å². The number of urea groups is 1. The summed E-state index contributed by atoms with van der Waals surface area (Å²) in [5.74, 6) is -0.849. The van der Waals surface area contributed by atoms with Gasteiger partial charge in [0.15, 0.2) is 0 Å². The maximum atomic E-state index is 12.1. The molecule has 6 nitrogen and oxygen atoms in total. The van der Waals surface area contributed by atoms with E-state index in [1.165, 1.54) is 0 Å². The van der Waals surface area contributed by atoms with E-state index in [1.807, 2.05) is 0 Å². The molecule has 1 fully saturated rings. The Morgan fingerprint density at radius 2 is 2.11 bits per heavy atom. The Hall–Kier alpha value is -1.30. The van der Waals surface area contributed by atoms with Crippen molar-refractivity contribution in [1.29, 1.82) is 0 Å². The molecule has 1 rings (SSSR count). The number of nitrogens with one attached hydrogen (secondary N) is 1. The molecule has 0 aliphatic carbocycles. The first kappa shape index (κ1) is 15.8. The molecule has 0 bridgehead atoms. The van der Waals surface area contributed by atoms with Gasteiger partial charge in [-0.15, -0.1) is 0 Å². The smallest absolute Gasteiger partial charge is 0.326 e. The number of aliphatic hydroxyl groups is 1. The molecule has 1 aliphatic heterocycles. The van der Waals surface area contributed by atoms with Gasteiger partial charge in [0.2, 0.25) is 0 Å². The number of hydrogen-bond acceptors (Lipinski definition) is 3. The summed E-state index contributed by atoms with van der Waals surface area (Å²) < 4.78 is 0. The number of carbonyl (C=O) groups excluding carboxylic acids is 1. The van der Waals surface area contributed by atoms with Gasteiger partial charge in [0.25, 0.3) is 0 Å². The van der Waals surface area contributed by atoms with Crippen LogP contribution in [-0.4, -0.2) is 52.9 Å². The Labute approximate surface area is 113 Å². The molecule has 3 N–H and O–H groups in total. The zero-order valence-corrected chi connectivity index (χ0v) is 11.6. The molecule has 0 spiro atoms. The Morgan fingerprint density at radius 3 is 2.63 bits per heavy atom. The summed E-state index contributed by atoms with van der Waals surface area (Å²) in [6, 6.07) is -1.17. The monoisotopic (exact) mass is 272 g/mol. The molecular formula is C13H24N2O4. The van der Waals surface area contributed by atoms with Crippen molar-refractivity contribution in [1.82, 2.24) is 10.2 Å². The number of aliphatic hydroxyl groups excluding tert-OH is 1. The highest BCUT2D eigenvalue weighted by molar-refractivity contribution is 5.82. The maximum absolute atomic E-state index is 12.1. The number of nitrogens with zero attached hydrogens (tertiary/aromatic N) is 1. The van der Waals surface area contributed by atoms with Crippen LogP contribution in [0.3, 0.4) is 0 Å². The van der Waals surface area contributed by atoms with E-state index in [4.69, 9.17) is 10.2 Å². The van der Waals surface area contributed by atoms with Crippen LogP contribution in [0.2, 0.25) is 0 Å². The molecule has 0 aromatic carbocycles. The van der Waals surface area contributed by atoms with Crippen LogP contribution in [0.15, 0.2) is 0 Å². The largest absolute Gasteiger partial charge is 0.480 e. The van der Waals surface area contributed by atoms with E-state index < -0.39 is 12.0 Å². The van der Waals surface area contributed by atoms with Crippen LogP contribution in [0.5, 0.6) is 0 Å². The van der Waals surface area contributed by atoms with Crippen molar-refractivity contribution in [2.24, 2.45) is 11.8 Å². The summed E-state index contributed by atoms with van der Waals surface area (Å²) in [5.41, 5.74) is 0. The minimum Gasteiger partial charge on any atom is -0.480 e. The highest BCUT2D eigenvalue weighted by atomic mass is 16.4. The lowest BCUT2D eigenvalue weighted by atomic mass is 9.95. The van der Waals surface area contributed by atoms with Crippen LogP contribution in [-0.2, 0) is 4.79 Å². The van der Waals surface area contributed by atoms with Gasteiger partial charge in [-0.1, -0.05) is 13.8 Å². The number of carbonyl (C=O) groups is 2. The van der Waals surface area contributed by atoms with Crippen LogP contribution < -0.4 is 5.32 Å². The average Bonchev–Trinajstić information content (AvgIpc) is 2.35. The summed E-state index contributed by atoms with van der Waals surface area (Å²) >= 11 is 0. The SMILES string of the molecule is CC(C)[C@H](NC(=O)N1CCCC(CCO)C1)C(=O)O. The highest BCUT2D eigenvalue weighted by Gasteiger charge is 2.28. The Morgan fingerprint density at radius 1 is 1.42 bits per heavy atom. The van der Waals surface area contributed by atoms with Gasteiger partial charge in [-0.3, -0.25) is 0 Å². The van der Waals surface area contributed by atoms with E-state index in [9.17, 15) is 9.59 Å². The summed E-state index contributed by atoms with van der Waals surface area (Å²) in [6.07, 6.45) is 2.60. The van der Waals surface area contributed by atoms with Gasteiger partial charge >= 0.3 is 12.0 Å². The molecule has 6 heteroatoms. The third kappa shape index (κ3) is 4.70. The number of carboxylic acid groups (broad SMARTS) is 1. The second-order valence-corrected chi connectivity index (χ2v) is 5.48. The minimum atomic E-state index is -1.01. The molecule has 1 unspecified atom stereocenters. The Kier molecular flexibility index (Phi) is 6.08. The van der Waals surface area contributed by atoms with E-state index in [1.54, 1.807) is 18.7 Å². The number of hydrogen-bond donors (Lipinski definition) is 3. The molecule has 1 heterocycles. The molecule has 0 radical (unpaired) electrons. The fraction of sp³-hybridized carbons (Fsp3) is 0.846. The fourth-order valence-corrected chi connectivity index (χ4v) is 2.41. The third-order valence-corrected chi connectivity index (χ3v) is 3.56. The average molecular weight is 272 g/mol. The molecule has 0 aromatic rings. The molecule has 110 valence electrons. The topological polar surface area (TPSA) is 89.9 Å². The summed E-state index contributed by atoms with van der Waals surface area (Å²) in [4.78, 5) is 24.8. The Balaban J connectivity index is 2.54. The lowest BCUT2D eigenvalue weighted by Gasteiger charge is -2.33. The highest BCUT2D eigenvalue weighted by Crippen LogP contribution is 2.19. The zero-order valence-electron chi connectivity index (χ0n) is 11.6. The van der Waals surface area contributed by atoms with Crippen LogP contribution in [0, 0.1) is 11.8 Å². The Bertz CT molecular complexity index is 318. The fourth-order valence-electron chi connectivity index (χ4n) is 2.41. The molecule has 0 saturated carbocycles. The zero-order chi connectivity index (χ0) is 14.4. The molecule has 2 amide bonds. The van der Waals surface area contributed by atoms with Gasteiger partial charge < -0.3 is 20.4 Å². The van der Waals surface area contributed by atoms with Gasteiger partial charge in [-0.2, -0.15) is 0 Å². The molecule has 19 heavy (non-hydrogen) atoms. The summed E-state index contributed by atoms with van der Waals surface area (Å²) in [5, 5.41) is 20.6. The second-order valence-electron chi connectivity index (χ2n) is 5.48. The molecular weight excluding hydrogens is 248 g/mol. The number of piperidine rings is 1. The van der Waals surface area contributed by atoms with E-state index in [2.05, 4.69) is 5.32 Å². The van der Waals surface area contributed by atoms with E-state index in [0.29, 0.717) is 25.4 Å². The van der Waals surface area contributed by atoms with Crippen LogP contribution in [0.1, 0.15) is 33.1 Å². The van der Waals surface area contributed by atoms with Crippen molar-refractivity contribution in [3.63, 3.8) is 0 Å². The van der Waals surface area contributed by atoms with Crippen LogP contribution >= 0.6 is 0 Å². The maximum Gasteiger partial charge on any atom is 0.326 e. The quantitative estimate of drug-likeness (QED) is 0.693. The van der Waals surface area contributed by atoms with Crippen molar-refractivity contribution in [3.05, 3.63) is 0 Å². The van der Waals surface area contributed by atoms with Crippen LogP contribution in [0.25, 0.3) is 0 Å². The third-order valence-electron chi connectivity index (χ3n) is 3.56. The van der Waals surface area contributed by atoms with Gasteiger partial charge in [0, 0.05) is 19.7 Å². The number of likely N-dealkylation sites (tertiary alicyclic amines) is 1. The summed E-state index contributed by atoms with van der Waals surface area (Å²) in [6.45, 7) is 4.91. The number of carboxylic acids is 1. The first-order valence-corrected chi connectivity index (χ1v) is 6.84.